The number of carbonyl (C=O) groups is 2. The van der Waals surface area contributed by atoms with Crippen LogP contribution < -0.4 is 14.4 Å². The zero-order valence-electron chi connectivity index (χ0n) is 25.4. The molecule has 0 aromatic heterocycles. The normalized spacial score (nSPS) is 11.8. The molecule has 10 heteroatoms. The summed E-state index contributed by atoms with van der Waals surface area (Å²) in [5.74, 6) is -0.241. The first-order valence-electron chi connectivity index (χ1n) is 14.9. The lowest BCUT2D eigenvalue weighted by Gasteiger charge is -2.34. The summed E-state index contributed by atoms with van der Waals surface area (Å²) in [4.78, 5) is 29.7. The van der Waals surface area contributed by atoms with E-state index >= 15 is 0 Å². The van der Waals surface area contributed by atoms with Gasteiger partial charge < -0.3 is 15.0 Å². The lowest BCUT2D eigenvalue weighted by atomic mass is 10.0. The molecule has 0 saturated carbocycles. The highest BCUT2D eigenvalue weighted by atomic mass is 79.9. The minimum absolute atomic E-state index is 0.0479. The van der Waals surface area contributed by atoms with Gasteiger partial charge in [0.25, 0.3) is 10.0 Å². The van der Waals surface area contributed by atoms with Crippen LogP contribution in [-0.4, -0.2) is 50.9 Å². The van der Waals surface area contributed by atoms with Gasteiger partial charge in [0.05, 0.1) is 17.2 Å². The number of benzene rings is 4. The van der Waals surface area contributed by atoms with Crippen LogP contribution in [0.1, 0.15) is 31.4 Å². The highest BCUT2D eigenvalue weighted by molar-refractivity contribution is 9.10. The molecule has 0 aliphatic heterocycles. The molecule has 0 radical (unpaired) electrons. The first-order chi connectivity index (χ1) is 21.7. The van der Waals surface area contributed by atoms with Crippen molar-refractivity contribution in [3.05, 3.63) is 125 Å². The van der Waals surface area contributed by atoms with Crippen LogP contribution in [0, 0.1) is 0 Å². The Hall–Kier alpha value is -4.15. The maximum Gasteiger partial charge on any atom is 0.264 e. The van der Waals surface area contributed by atoms with Crippen molar-refractivity contribution in [2.24, 2.45) is 0 Å². The Labute approximate surface area is 274 Å². The number of rotatable bonds is 15. The van der Waals surface area contributed by atoms with Gasteiger partial charge in [-0.05, 0) is 73.0 Å². The summed E-state index contributed by atoms with van der Waals surface area (Å²) in [5, 5.41) is 2.96. The molecule has 4 aromatic carbocycles. The van der Waals surface area contributed by atoms with E-state index in [4.69, 9.17) is 4.74 Å². The molecule has 1 atom stereocenters. The van der Waals surface area contributed by atoms with Gasteiger partial charge in [-0.2, -0.15) is 0 Å². The topological polar surface area (TPSA) is 96.0 Å². The summed E-state index contributed by atoms with van der Waals surface area (Å²) in [6.45, 7) is 4.30. The smallest absolute Gasteiger partial charge is 0.264 e. The van der Waals surface area contributed by atoms with Gasteiger partial charge >= 0.3 is 0 Å². The van der Waals surface area contributed by atoms with E-state index in [0.29, 0.717) is 24.6 Å². The average Bonchev–Trinajstić information content (AvgIpc) is 3.05. The molecule has 0 fully saturated rings. The third-order valence-corrected chi connectivity index (χ3v) is 9.39. The summed E-state index contributed by atoms with van der Waals surface area (Å²) in [6, 6.07) is 30.7. The van der Waals surface area contributed by atoms with Crippen LogP contribution in [0.4, 0.5) is 5.69 Å². The molecule has 0 heterocycles. The molecule has 1 N–H and O–H groups in total. The molecule has 236 valence electrons. The number of amides is 2. The fourth-order valence-corrected chi connectivity index (χ4v) is 6.76. The Kier molecular flexibility index (Phi) is 12.2. The molecule has 45 heavy (non-hydrogen) atoms. The first kappa shape index (κ1) is 33.7. The van der Waals surface area contributed by atoms with Gasteiger partial charge in [0.2, 0.25) is 11.8 Å². The number of ether oxygens (including phenoxy) is 1. The molecule has 4 aromatic rings. The van der Waals surface area contributed by atoms with E-state index in [1.54, 1.807) is 42.5 Å². The Balaban J connectivity index is 1.78. The lowest BCUT2D eigenvalue weighted by molar-refractivity contribution is -0.140. The van der Waals surface area contributed by atoms with Crippen LogP contribution in [-0.2, 0) is 32.6 Å². The molecule has 0 bridgehead atoms. The van der Waals surface area contributed by atoms with E-state index in [1.165, 1.54) is 17.0 Å². The Morgan fingerprint density at radius 1 is 0.844 bits per heavy atom. The SMILES string of the molecule is CCCNC(=O)[C@@H](Cc1ccccc1)N(Cc1cccc(Br)c1)C(=O)CN(c1ccc(OCC)cc1)S(=O)(=O)c1ccccc1. The molecule has 0 spiro atoms. The van der Waals surface area contributed by atoms with Crippen molar-refractivity contribution in [3.8, 4) is 5.75 Å². The van der Waals surface area contributed by atoms with Crippen LogP contribution in [0.2, 0.25) is 0 Å². The molecule has 0 saturated heterocycles. The van der Waals surface area contributed by atoms with Crippen molar-refractivity contribution in [2.45, 2.75) is 44.2 Å². The minimum Gasteiger partial charge on any atom is -0.494 e. The zero-order chi connectivity index (χ0) is 32.2. The number of hydrogen-bond acceptors (Lipinski definition) is 5. The molecular weight excluding hydrogens is 654 g/mol. The van der Waals surface area contributed by atoms with Gasteiger partial charge in [-0.1, -0.05) is 83.5 Å². The summed E-state index contributed by atoms with van der Waals surface area (Å²) in [6.07, 6.45) is 0.981. The van der Waals surface area contributed by atoms with Gasteiger partial charge in [0.1, 0.15) is 18.3 Å². The maximum atomic E-state index is 14.5. The van der Waals surface area contributed by atoms with Gasteiger partial charge in [-0.15, -0.1) is 0 Å². The second kappa shape index (κ2) is 16.2. The van der Waals surface area contributed by atoms with Crippen molar-refractivity contribution in [2.75, 3.05) is 24.0 Å². The molecule has 0 unspecified atom stereocenters. The number of hydrogen-bond donors (Lipinski definition) is 1. The lowest BCUT2D eigenvalue weighted by Crippen LogP contribution is -2.53. The molecule has 2 amide bonds. The van der Waals surface area contributed by atoms with Crippen molar-refractivity contribution in [3.63, 3.8) is 0 Å². The minimum atomic E-state index is -4.17. The van der Waals surface area contributed by atoms with Crippen LogP contribution >= 0.6 is 15.9 Å². The summed E-state index contributed by atoms with van der Waals surface area (Å²) in [5.41, 5.74) is 1.96. The Morgan fingerprint density at radius 2 is 1.49 bits per heavy atom. The standard InChI is InChI=1S/C35H38BrN3O5S/c1-3-22-37-35(41)33(24-27-12-7-5-8-13-27)38(25-28-14-11-15-29(36)23-28)34(40)26-39(30-18-20-31(21-19-30)44-4-2)45(42,43)32-16-9-6-10-17-32/h5-21,23,33H,3-4,22,24-26H2,1-2H3,(H,37,41)/t33-/m1/s1. The van der Waals surface area contributed by atoms with E-state index in [-0.39, 0.29) is 23.8 Å². The summed E-state index contributed by atoms with van der Waals surface area (Å²) in [7, 11) is -4.17. The zero-order valence-corrected chi connectivity index (χ0v) is 27.8. The molecule has 4 rings (SSSR count). The largest absolute Gasteiger partial charge is 0.494 e. The van der Waals surface area contributed by atoms with Crippen molar-refractivity contribution >= 4 is 43.5 Å². The molecule has 8 nitrogen and oxygen atoms in total. The summed E-state index contributed by atoms with van der Waals surface area (Å²) >= 11 is 3.50. The van der Waals surface area contributed by atoms with Crippen molar-refractivity contribution in [1.29, 1.82) is 0 Å². The predicted octanol–water partition coefficient (Wildman–Crippen LogP) is 6.21. The molecule has 0 aliphatic carbocycles. The predicted molar refractivity (Wildman–Crippen MR) is 181 cm³/mol. The Morgan fingerprint density at radius 3 is 2.11 bits per heavy atom. The van der Waals surface area contributed by atoms with Gasteiger partial charge in [0, 0.05) is 24.0 Å². The van der Waals surface area contributed by atoms with Gasteiger partial charge in [-0.25, -0.2) is 8.42 Å². The van der Waals surface area contributed by atoms with Crippen LogP contribution in [0.15, 0.2) is 119 Å². The van der Waals surface area contributed by atoms with Gasteiger partial charge in [-0.3, -0.25) is 13.9 Å². The second-order valence-corrected chi connectivity index (χ2v) is 13.2. The summed E-state index contributed by atoms with van der Waals surface area (Å²) < 4.78 is 35.6. The average molecular weight is 693 g/mol. The van der Waals surface area contributed by atoms with Crippen LogP contribution in [0.3, 0.4) is 0 Å². The highest BCUT2D eigenvalue weighted by Crippen LogP contribution is 2.27. The van der Waals surface area contributed by atoms with E-state index in [2.05, 4.69) is 21.2 Å². The third-order valence-electron chi connectivity index (χ3n) is 7.11. The Bertz CT molecular complexity index is 1650. The van der Waals surface area contributed by atoms with Crippen LogP contribution in [0.5, 0.6) is 5.75 Å². The van der Waals surface area contributed by atoms with Crippen LogP contribution in [0.25, 0.3) is 0 Å². The number of anilines is 1. The van der Waals surface area contributed by atoms with Gasteiger partial charge in [0.15, 0.2) is 0 Å². The number of nitrogens with zero attached hydrogens (tertiary/aromatic N) is 2. The van der Waals surface area contributed by atoms with Crippen molar-refractivity contribution < 1.29 is 22.7 Å². The third kappa shape index (κ3) is 9.18. The van der Waals surface area contributed by atoms with E-state index < -0.39 is 28.5 Å². The fraction of sp³-hybridized carbons (Fsp3) is 0.257. The molecule has 0 aliphatic rings. The maximum absolute atomic E-state index is 14.5. The first-order valence-corrected chi connectivity index (χ1v) is 17.1. The number of carbonyl (C=O) groups excluding carboxylic acids is 2. The van der Waals surface area contributed by atoms with E-state index in [0.717, 1.165) is 26.3 Å². The van der Waals surface area contributed by atoms with E-state index in [1.807, 2.05) is 68.4 Å². The molecular formula is C35H38BrN3O5S. The fourth-order valence-electron chi connectivity index (χ4n) is 4.88. The number of sulfonamides is 1. The number of halogens is 1. The quantitative estimate of drug-likeness (QED) is 0.160. The highest BCUT2D eigenvalue weighted by Gasteiger charge is 2.34. The van der Waals surface area contributed by atoms with Crippen molar-refractivity contribution in [1.82, 2.24) is 10.2 Å². The van der Waals surface area contributed by atoms with E-state index in [9.17, 15) is 18.0 Å². The number of nitrogens with one attached hydrogen (secondary N) is 1. The second-order valence-electron chi connectivity index (χ2n) is 10.4. The monoisotopic (exact) mass is 691 g/mol.